The molecule has 5 heteroatoms. The number of benzene rings is 1. The van der Waals surface area contributed by atoms with Crippen molar-refractivity contribution in [2.45, 2.75) is 31.8 Å². The summed E-state index contributed by atoms with van der Waals surface area (Å²) in [5, 5.41) is 3.14. The lowest BCUT2D eigenvalue weighted by Gasteiger charge is -2.21. The Bertz CT molecular complexity index is 504. The molecule has 1 fully saturated rings. The van der Waals surface area contributed by atoms with Gasteiger partial charge in [0, 0.05) is 13.1 Å². The van der Waals surface area contributed by atoms with E-state index in [1.807, 2.05) is 13.0 Å². The van der Waals surface area contributed by atoms with E-state index in [4.69, 9.17) is 0 Å². The first-order valence-electron chi connectivity index (χ1n) is 6.34. The van der Waals surface area contributed by atoms with Gasteiger partial charge in [0.05, 0.1) is 12.5 Å². The predicted octanol–water partition coefficient (Wildman–Crippen LogP) is 1.62. The van der Waals surface area contributed by atoms with Gasteiger partial charge in [-0.15, -0.1) is 0 Å². The van der Waals surface area contributed by atoms with Crippen LogP contribution >= 0.6 is 0 Å². The Balaban J connectivity index is 2.12. The number of hydrogen-bond donors (Lipinski definition) is 1. The first-order chi connectivity index (χ1) is 9.02. The van der Waals surface area contributed by atoms with Gasteiger partial charge in [0.25, 0.3) is 0 Å². The molecule has 1 saturated heterocycles. The Morgan fingerprint density at radius 1 is 1.47 bits per heavy atom. The SMILES string of the molecule is CCC(NC1CC(=O)N(C)C1=O)c1cccc(F)c1. The fraction of sp³-hybridized carbons (Fsp3) is 0.429. The van der Waals surface area contributed by atoms with Crippen LogP contribution in [0.5, 0.6) is 0 Å². The molecule has 2 atom stereocenters. The molecule has 0 saturated carbocycles. The maximum Gasteiger partial charge on any atom is 0.246 e. The highest BCUT2D eigenvalue weighted by Crippen LogP contribution is 2.21. The van der Waals surface area contributed by atoms with Crippen LogP contribution in [0.2, 0.25) is 0 Å². The number of nitrogens with zero attached hydrogens (tertiary/aromatic N) is 1. The van der Waals surface area contributed by atoms with Crippen LogP contribution in [0.25, 0.3) is 0 Å². The third-order valence-corrected chi connectivity index (χ3v) is 3.44. The van der Waals surface area contributed by atoms with Crippen molar-refractivity contribution in [3.63, 3.8) is 0 Å². The Hall–Kier alpha value is -1.75. The average Bonchev–Trinajstić information content (AvgIpc) is 2.63. The van der Waals surface area contributed by atoms with Crippen molar-refractivity contribution in [3.8, 4) is 0 Å². The van der Waals surface area contributed by atoms with Crippen LogP contribution in [0, 0.1) is 5.82 Å². The van der Waals surface area contributed by atoms with Crippen molar-refractivity contribution in [2.75, 3.05) is 7.05 Å². The lowest BCUT2D eigenvalue weighted by molar-refractivity contribution is -0.137. The second kappa shape index (κ2) is 5.48. The van der Waals surface area contributed by atoms with Crippen molar-refractivity contribution in [1.29, 1.82) is 0 Å². The minimum absolute atomic E-state index is 0.135. The molecule has 0 spiro atoms. The van der Waals surface area contributed by atoms with Gasteiger partial charge in [-0.3, -0.25) is 19.8 Å². The second-order valence-electron chi connectivity index (χ2n) is 4.73. The van der Waals surface area contributed by atoms with E-state index in [9.17, 15) is 14.0 Å². The zero-order valence-electron chi connectivity index (χ0n) is 11.0. The van der Waals surface area contributed by atoms with E-state index >= 15 is 0 Å². The van der Waals surface area contributed by atoms with Crippen molar-refractivity contribution in [2.24, 2.45) is 0 Å². The molecule has 4 nitrogen and oxygen atoms in total. The predicted molar refractivity (Wildman–Crippen MR) is 68.7 cm³/mol. The van der Waals surface area contributed by atoms with Gasteiger partial charge in [0.1, 0.15) is 5.82 Å². The highest BCUT2D eigenvalue weighted by atomic mass is 19.1. The maximum absolute atomic E-state index is 13.2. The number of amides is 2. The number of imide groups is 1. The summed E-state index contributed by atoms with van der Waals surface area (Å²) in [4.78, 5) is 24.4. The third-order valence-electron chi connectivity index (χ3n) is 3.44. The number of halogens is 1. The number of carbonyl (C=O) groups is 2. The minimum atomic E-state index is -0.509. The maximum atomic E-state index is 13.2. The largest absolute Gasteiger partial charge is 0.299 e. The summed E-state index contributed by atoms with van der Waals surface area (Å²) in [6.07, 6.45) is 0.881. The molecule has 1 N–H and O–H groups in total. The molecule has 1 heterocycles. The van der Waals surface area contributed by atoms with E-state index in [0.29, 0.717) is 6.42 Å². The molecule has 2 amide bonds. The molecule has 19 heavy (non-hydrogen) atoms. The molecule has 102 valence electrons. The average molecular weight is 264 g/mol. The smallest absolute Gasteiger partial charge is 0.246 e. The molecule has 0 aliphatic carbocycles. The summed E-state index contributed by atoms with van der Waals surface area (Å²) in [6, 6.07) is 5.65. The second-order valence-corrected chi connectivity index (χ2v) is 4.73. The van der Waals surface area contributed by atoms with Gasteiger partial charge in [-0.2, -0.15) is 0 Å². The first kappa shape index (κ1) is 13.7. The van der Waals surface area contributed by atoms with Crippen molar-refractivity contribution < 1.29 is 14.0 Å². The zero-order valence-corrected chi connectivity index (χ0v) is 11.0. The van der Waals surface area contributed by atoms with Crippen LogP contribution in [0.1, 0.15) is 31.4 Å². The first-order valence-corrected chi connectivity index (χ1v) is 6.34. The molecular weight excluding hydrogens is 247 g/mol. The summed E-state index contributed by atoms with van der Waals surface area (Å²) in [7, 11) is 1.48. The van der Waals surface area contributed by atoms with Gasteiger partial charge in [-0.05, 0) is 24.1 Å². The van der Waals surface area contributed by atoms with Gasteiger partial charge in [0.2, 0.25) is 11.8 Å². The Labute approximate surface area is 111 Å². The lowest BCUT2D eigenvalue weighted by Crippen LogP contribution is -2.39. The Morgan fingerprint density at radius 3 is 2.74 bits per heavy atom. The van der Waals surface area contributed by atoms with E-state index < -0.39 is 6.04 Å². The topological polar surface area (TPSA) is 49.4 Å². The molecule has 0 radical (unpaired) electrons. The van der Waals surface area contributed by atoms with Gasteiger partial charge in [-0.25, -0.2) is 4.39 Å². The van der Waals surface area contributed by atoms with Gasteiger partial charge in [-0.1, -0.05) is 19.1 Å². The van der Waals surface area contributed by atoms with Crippen molar-refractivity contribution in [1.82, 2.24) is 10.2 Å². The molecule has 2 unspecified atom stereocenters. The molecule has 1 aromatic rings. The summed E-state index contributed by atoms with van der Waals surface area (Å²) >= 11 is 0. The normalized spacial score (nSPS) is 21.0. The fourth-order valence-corrected chi connectivity index (χ4v) is 2.30. The van der Waals surface area contributed by atoms with Crippen LogP contribution in [-0.4, -0.2) is 29.8 Å². The standard InChI is InChI=1S/C14H17FN2O2/c1-3-11(9-5-4-6-10(15)7-9)16-12-8-13(18)17(2)14(12)19/h4-7,11-12,16H,3,8H2,1-2H3. The number of carbonyl (C=O) groups excluding carboxylic acids is 2. The molecular formula is C14H17FN2O2. The van der Waals surface area contributed by atoms with E-state index in [2.05, 4.69) is 5.32 Å². The number of likely N-dealkylation sites (N-methyl/N-ethyl adjacent to an activating group) is 1. The number of rotatable bonds is 4. The lowest BCUT2D eigenvalue weighted by atomic mass is 10.0. The van der Waals surface area contributed by atoms with E-state index in [-0.39, 0.29) is 30.1 Å². The minimum Gasteiger partial charge on any atom is -0.299 e. The molecule has 0 aromatic heterocycles. The fourth-order valence-electron chi connectivity index (χ4n) is 2.30. The van der Waals surface area contributed by atoms with Crippen LogP contribution in [0.4, 0.5) is 4.39 Å². The highest BCUT2D eigenvalue weighted by molar-refractivity contribution is 6.05. The Kier molecular flexibility index (Phi) is 3.95. The summed E-state index contributed by atoms with van der Waals surface area (Å²) in [5.74, 6) is -0.708. The molecule has 0 bridgehead atoms. The van der Waals surface area contributed by atoms with E-state index in [0.717, 1.165) is 10.5 Å². The van der Waals surface area contributed by atoms with Crippen LogP contribution < -0.4 is 5.32 Å². The summed E-state index contributed by atoms with van der Waals surface area (Å²) < 4.78 is 13.2. The van der Waals surface area contributed by atoms with Gasteiger partial charge in [0.15, 0.2) is 0 Å². The zero-order chi connectivity index (χ0) is 14.0. The summed E-state index contributed by atoms with van der Waals surface area (Å²) in [6.45, 7) is 1.95. The third kappa shape index (κ3) is 2.81. The Morgan fingerprint density at radius 2 is 2.21 bits per heavy atom. The molecule has 2 rings (SSSR count). The number of likely N-dealkylation sites (tertiary alicyclic amines) is 1. The van der Waals surface area contributed by atoms with E-state index in [1.54, 1.807) is 6.07 Å². The van der Waals surface area contributed by atoms with Gasteiger partial charge >= 0.3 is 0 Å². The van der Waals surface area contributed by atoms with Crippen LogP contribution in [0.15, 0.2) is 24.3 Å². The van der Waals surface area contributed by atoms with Gasteiger partial charge < -0.3 is 0 Å². The quantitative estimate of drug-likeness (QED) is 0.841. The van der Waals surface area contributed by atoms with E-state index in [1.165, 1.54) is 19.2 Å². The highest BCUT2D eigenvalue weighted by Gasteiger charge is 2.36. The summed E-state index contributed by atoms with van der Waals surface area (Å²) in [5.41, 5.74) is 0.789. The molecule has 1 aliphatic heterocycles. The van der Waals surface area contributed by atoms with Crippen molar-refractivity contribution in [3.05, 3.63) is 35.6 Å². The number of hydrogen-bond acceptors (Lipinski definition) is 3. The molecule has 1 aromatic carbocycles. The number of nitrogens with one attached hydrogen (secondary N) is 1. The molecule has 1 aliphatic rings. The monoisotopic (exact) mass is 264 g/mol. The van der Waals surface area contributed by atoms with Crippen LogP contribution in [-0.2, 0) is 9.59 Å². The van der Waals surface area contributed by atoms with Crippen molar-refractivity contribution >= 4 is 11.8 Å². The van der Waals surface area contributed by atoms with Crippen LogP contribution in [0.3, 0.4) is 0 Å².